The number of hydrogen-bond donors (Lipinski definition) is 2. The molecule has 1 amide bonds. The summed E-state index contributed by atoms with van der Waals surface area (Å²) >= 11 is 0. The molecule has 0 aromatic carbocycles. The standard InChI is InChI=1S/C16H29N3O/c17-15(20)16(18-13-6-3-1-2-4-7-13)9-11-19-10-5-8-14(19)12-16/h13-14,18H,1-12H2,(H2,17,20). The number of nitrogens with one attached hydrogen (secondary N) is 1. The van der Waals surface area contributed by atoms with E-state index >= 15 is 0 Å². The lowest BCUT2D eigenvalue weighted by molar-refractivity contribution is -0.127. The van der Waals surface area contributed by atoms with Crippen molar-refractivity contribution in [2.45, 2.75) is 81.8 Å². The summed E-state index contributed by atoms with van der Waals surface area (Å²) in [5.74, 6) is -0.117. The molecule has 1 saturated carbocycles. The van der Waals surface area contributed by atoms with Crippen LogP contribution < -0.4 is 11.1 Å². The maximum absolute atomic E-state index is 12.2. The number of fused-ring (bicyclic) bond motifs is 1. The second-order valence-corrected chi connectivity index (χ2v) is 7.07. The topological polar surface area (TPSA) is 58.4 Å². The van der Waals surface area contributed by atoms with Gasteiger partial charge < -0.3 is 16.0 Å². The van der Waals surface area contributed by atoms with Gasteiger partial charge in [0.05, 0.1) is 0 Å². The van der Waals surface area contributed by atoms with E-state index in [-0.39, 0.29) is 5.91 Å². The zero-order valence-corrected chi connectivity index (χ0v) is 12.6. The van der Waals surface area contributed by atoms with Gasteiger partial charge in [-0.25, -0.2) is 0 Å². The van der Waals surface area contributed by atoms with E-state index in [1.54, 1.807) is 0 Å². The molecule has 2 atom stereocenters. The van der Waals surface area contributed by atoms with Crippen LogP contribution in [-0.4, -0.2) is 41.5 Å². The van der Waals surface area contributed by atoms with Crippen LogP contribution in [0.25, 0.3) is 0 Å². The maximum atomic E-state index is 12.2. The van der Waals surface area contributed by atoms with Crippen LogP contribution in [0.4, 0.5) is 0 Å². The minimum absolute atomic E-state index is 0.117. The van der Waals surface area contributed by atoms with Gasteiger partial charge >= 0.3 is 0 Å². The van der Waals surface area contributed by atoms with Gasteiger partial charge in [-0.1, -0.05) is 25.7 Å². The third-order valence-electron chi connectivity index (χ3n) is 5.72. The quantitative estimate of drug-likeness (QED) is 0.774. The molecule has 0 aromatic heterocycles. The van der Waals surface area contributed by atoms with Crippen LogP contribution in [0.2, 0.25) is 0 Å². The van der Waals surface area contributed by atoms with Gasteiger partial charge in [-0.2, -0.15) is 0 Å². The number of primary amides is 1. The van der Waals surface area contributed by atoms with Crippen LogP contribution in [0.1, 0.15) is 64.2 Å². The summed E-state index contributed by atoms with van der Waals surface area (Å²) < 4.78 is 0. The summed E-state index contributed by atoms with van der Waals surface area (Å²) in [5.41, 5.74) is 5.39. The van der Waals surface area contributed by atoms with Crippen molar-refractivity contribution >= 4 is 5.91 Å². The van der Waals surface area contributed by atoms with E-state index < -0.39 is 5.54 Å². The number of rotatable bonds is 3. The molecule has 3 N–H and O–H groups in total. The Morgan fingerprint density at radius 3 is 2.50 bits per heavy atom. The van der Waals surface area contributed by atoms with Crippen LogP contribution >= 0.6 is 0 Å². The van der Waals surface area contributed by atoms with Crippen molar-refractivity contribution in [3.8, 4) is 0 Å². The highest BCUT2D eigenvalue weighted by Crippen LogP contribution is 2.34. The second kappa shape index (κ2) is 6.02. The van der Waals surface area contributed by atoms with Crippen LogP contribution in [0, 0.1) is 0 Å². The third kappa shape index (κ3) is 2.86. The fraction of sp³-hybridized carbons (Fsp3) is 0.938. The van der Waals surface area contributed by atoms with Crippen LogP contribution in [0.15, 0.2) is 0 Å². The van der Waals surface area contributed by atoms with E-state index in [1.807, 2.05) is 0 Å². The molecule has 0 radical (unpaired) electrons. The fourth-order valence-corrected chi connectivity index (χ4v) is 4.50. The zero-order chi connectivity index (χ0) is 14.0. The summed E-state index contributed by atoms with van der Waals surface area (Å²) in [5, 5.41) is 3.72. The summed E-state index contributed by atoms with van der Waals surface area (Å²) in [6, 6.07) is 1.08. The Hall–Kier alpha value is -0.610. The number of nitrogens with two attached hydrogens (primary N) is 1. The van der Waals surface area contributed by atoms with Crippen molar-refractivity contribution in [1.29, 1.82) is 0 Å². The molecule has 0 bridgehead atoms. The Morgan fingerprint density at radius 1 is 1.05 bits per heavy atom. The van der Waals surface area contributed by atoms with E-state index in [2.05, 4.69) is 10.2 Å². The van der Waals surface area contributed by atoms with E-state index in [4.69, 9.17) is 5.73 Å². The predicted octanol–water partition coefficient (Wildman–Crippen LogP) is 1.78. The first-order valence-electron chi connectivity index (χ1n) is 8.51. The van der Waals surface area contributed by atoms with Crippen molar-refractivity contribution in [1.82, 2.24) is 10.2 Å². The molecule has 114 valence electrons. The summed E-state index contributed by atoms with van der Waals surface area (Å²) in [6.45, 7) is 2.25. The predicted molar refractivity (Wildman–Crippen MR) is 80.4 cm³/mol. The average molecular weight is 279 g/mol. The minimum Gasteiger partial charge on any atom is -0.368 e. The molecular formula is C16H29N3O. The molecule has 4 heteroatoms. The first-order chi connectivity index (χ1) is 9.70. The van der Waals surface area contributed by atoms with Gasteiger partial charge in [-0.05, 0) is 45.1 Å². The molecule has 4 nitrogen and oxygen atoms in total. The van der Waals surface area contributed by atoms with Gasteiger partial charge in [0.25, 0.3) is 0 Å². The highest BCUT2D eigenvalue weighted by Gasteiger charge is 2.46. The van der Waals surface area contributed by atoms with Crippen molar-refractivity contribution in [2.24, 2.45) is 5.73 Å². The average Bonchev–Trinajstić information content (AvgIpc) is 2.74. The number of carbonyl (C=O) groups is 1. The molecule has 0 spiro atoms. The van der Waals surface area contributed by atoms with Gasteiger partial charge in [0.1, 0.15) is 5.54 Å². The Kier molecular flexibility index (Phi) is 4.32. The third-order valence-corrected chi connectivity index (χ3v) is 5.72. The molecule has 3 fully saturated rings. The molecule has 2 heterocycles. The van der Waals surface area contributed by atoms with Crippen LogP contribution in [0.5, 0.6) is 0 Å². The van der Waals surface area contributed by atoms with Gasteiger partial charge in [0.15, 0.2) is 0 Å². The van der Waals surface area contributed by atoms with Gasteiger partial charge in [-0.15, -0.1) is 0 Å². The molecule has 2 saturated heterocycles. The molecular weight excluding hydrogens is 250 g/mol. The van der Waals surface area contributed by atoms with Crippen LogP contribution in [-0.2, 0) is 4.79 Å². The lowest BCUT2D eigenvalue weighted by Gasteiger charge is -2.44. The lowest BCUT2D eigenvalue weighted by Crippen LogP contribution is -2.64. The first kappa shape index (κ1) is 14.3. The van der Waals surface area contributed by atoms with Gasteiger partial charge in [0, 0.05) is 18.6 Å². The van der Waals surface area contributed by atoms with Crippen molar-refractivity contribution in [3.05, 3.63) is 0 Å². The van der Waals surface area contributed by atoms with E-state index in [0.717, 1.165) is 19.4 Å². The largest absolute Gasteiger partial charge is 0.368 e. The lowest BCUT2D eigenvalue weighted by atomic mass is 9.81. The smallest absolute Gasteiger partial charge is 0.237 e. The van der Waals surface area contributed by atoms with Crippen molar-refractivity contribution < 1.29 is 4.79 Å². The molecule has 2 aliphatic heterocycles. The zero-order valence-electron chi connectivity index (χ0n) is 12.6. The Labute approximate surface area is 122 Å². The highest BCUT2D eigenvalue weighted by molar-refractivity contribution is 5.85. The van der Waals surface area contributed by atoms with Crippen LogP contribution in [0.3, 0.4) is 0 Å². The van der Waals surface area contributed by atoms with Crippen molar-refractivity contribution in [2.75, 3.05) is 13.1 Å². The first-order valence-corrected chi connectivity index (χ1v) is 8.51. The minimum atomic E-state index is -0.430. The second-order valence-electron chi connectivity index (χ2n) is 7.07. The number of piperidine rings is 1. The normalized spacial score (nSPS) is 36.5. The maximum Gasteiger partial charge on any atom is 0.237 e. The molecule has 3 rings (SSSR count). The van der Waals surface area contributed by atoms with Crippen molar-refractivity contribution in [3.63, 3.8) is 0 Å². The molecule has 2 unspecified atom stereocenters. The molecule has 0 aromatic rings. The fourth-order valence-electron chi connectivity index (χ4n) is 4.50. The Balaban J connectivity index is 1.69. The number of amides is 1. The summed E-state index contributed by atoms with van der Waals surface area (Å²) in [6.07, 6.45) is 12.0. The Bertz CT molecular complexity index is 352. The van der Waals surface area contributed by atoms with E-state index in [9.17, 15) is 4.79 Å². The van der Waals surface area contributed by atoms with Gasteiger partial charge in [0.2, 0.25) is 5.91 Å². The molecule has 20 heavy (non-hydrogen) atoms. The summed E-state index contributed by atoms with van der Waals surface area (Å²) in [7, 11) is 0. The Morgan fingerprint density at radius 2 is 1.80 bits per heavy atom. The SMILES string of the molecule is NC(=O)C1(NC2CCCCCC2)CCN2CCCC2C1. The van der Waals surface area contributed by atoms with E-state index in [1.165, 1.54) is 57.9 Å². The number of hydrogen-bond acceptors (Lipinski definition) is 3. The number of nitrogens with zero attached hydrogens (tertiary/aromatic N) is 1. The number of carbonyl (C=O) groups excluding carboxylic acids is 1. The summed E-state index contributed by atoms with van der Waals surface area (Å²) in [4.78, 5) is 14.7. The monoisotopic (exact) mass is 279 g/mol. The highest BCUT2D eigenvalue weighted by atomic mass is 16.1. The van der Waals surface area contributed by atoms with Gasteiger partial charge in [-0.3, -0.25) is 4.79 Å². The molecule has 1 aliphatic carbocycles. The van der Waals surface area contributed by atoms with E-state index in [0.29, 0.717) is 12.1 Å². The molecule has 3 aliphatic rings.